The highest BCUT2D eigenvalue weighted by Crippen LogP contribution is 2.55. The number of nitrogens with one attached hydrogen (secondary N) is 2. The molecule has 1 aliphatic heterocycles. The van der Waals surface area contributed by atoms with Crippen LogP contribution in [0.1, 0.15) is 36.4 Å². The lowest BCUT2D eigenvalue weighted by molar-refractivity contribution is -0.136. The number of hydrogen-bond acceptors (Lipinski definition) is 23. The first-order chi connectivity index (χ1) is 39.9. The van der Waals surface area contributed by atoms with Crippen molar-refractivity contribution in [3.63, 3.8) is 0 Å². The van der Waals surface area contributed by atoms with Gasteiger partial charge in [-0.3, -0.25) is 18.7 Å². The molecule has 1 amide bonds. The number of halogens is 4. The van der Waals surface area contributed by atoms with Crippen molar-refractivity contribution in [2.75, 3.05) is 123 Å². The molecule has 0 radical (unpaired) electrons. The average molecular weight is 1240 g/mol. The molecule has 2 aromatic carbocycles. The molecular formula is C48H65ClF3N9O20P2. The monoisotopic (exact) mass is 1240 g/mol. The van der Waals surface area contributed by atoms with E-state index < -0.39 is 87.5 Å². The lowest BCUT2D eigenvalue weighted by Gasteiger charge is -2.20. The number of esters is 1. The standard InChI is InChI=1S/C48H65ClF3N9O20P2/c49-48-56-45(35-27-54-61(46(35)57-48)47-43(65)42(64)39(80-47)30-79-83(69,70)31-82(66,67)68)55-38(32-4-2-1-3-5-32)26-40(62)53-7-10-72-13-16-75-20-21-77-22-23-78-29-34-28-60(59-58-34)8-11-73-14-17-76-19-18-74-15-12-71-9-6-41(63)81-44-36(51)24-33(50)25-37(44)52/h1-5,24-25,27-28,38-39,42-43,47,64-65H,6-23,26,29-31H2,(H,53,62)(H,69,70)(H,55,56,57)(H2,66,67,68)/t38-,39+,42+,43+,47+/m0/s1. The van der Waals surface area contributed by atoms with Crippen molar-refractivity contribution in [2.24, 2.45) is 0 Å². The molecule has 35 heteroatoms. The Morgan fingerprint density at radius 1 is 0.771 bits per heavy atom. The molecule has 460 valence electrons. The number of aliphatic hydroxyl groups excluding tert-OH is 2. The molecule has 1 saturated heterocycles. The molecule has 4 heterocycles. The van der Waals surface area contributed by atoms with E-state index in [0.717, 1.165) is 10.2 Å². The van der Waals surface area contributed by atoms with Crippen molar-refractivity contribution >= 4 is 55.5 Å². The van der Waals surface area contributed by atoms with Crippen molar-refractivity contribution in [1.82, 2.24) is 40.1 Å². The normalized spacial score (nSPS) is 17.5. The minimum atomic E-state index is -4.92. The summed E-state index contributed by atoms with van der Waals surface area (Å²) in [6, 6.07) is 9.22. The highest BCUT2D eigenvalue weighted by molar-refractivity contribution is 7.70. The Bertz CT molecular complexity index is 2860. The number of aromatic nitrogens is 7. The molecule has 6 rings (SSSR count). The number of carbonyl (C=O) groups excluding carboxylic acids is 2. The van der Waals surface area contributed by atoms with E-state index in [4.69, 9.17) is 68.5 Å². The van der Waals surface area contributed by atoms with Crippen LogP contribution in [0, 0.1) is 17.5 Å². The second-order valence-electron chi connectivity index (χ2n) is 17.8. The van der Waals surface area contributed by atoms with E-state index in [1.807, 2.05) is 18.2 Å². The van der Waals surface area contributed by atoms with Crippen LogP contribution in [0.4, 0.5) is 19.0 Å². The van der Waals surface area contributed by atoms with Crippen molar-refractivity contribution < 1.29 is 109 Å². The van der Waals surface area contributed by atoms with Crippen molar-refractivity contribution in [3.8, 4) is 5.75 Å². The van der Waals surface area contributed by atoms with Crippen LogP contribution in [0.15, 0.2) is 54.9 Å². The number of nitrogens with zero attached hydrogens (tertiary/aromatic N) is 7. The second kappa shape index (κ2) is 34.7. The van der Waals surface area contributed by atoms with Gasteiger partial charge in [-0.05, 0) is 17.2 Å². The SMILES string of the molecule is O=C(C[C@H](Nc1nc(Cl)nc2c1cnn2[C@@H]1O[C@H](COP(=O)(O)CP(=O)(O)O)[C@@H](O)[C@H]1O)c1ccccc1)NCCOCCOCCOCCOCc1cn(CCOCCOCCOCCOCCC(=O)Oc2c(F)cc(F)cc2F)nn1. The highest BCUT2D eigenvalue weighted by atomic mass is 35.5. The summed E-state index contributed by atoms with van der Waals surface area (Å²) >= 11 is 6.34. The van der Waals surface area contributed by atoms with E-state index >= 15 is 0 Å². The third-order valence-corrected chi connectivity index (χ3v) is 15.1. The van der Waals surface area contributed by atoms with Gasteiger partial charge in [0.25, 0.3) is 0 Å². The first kappa shape index (κ1) is 66.9. The van der Waals surface area contributed by atoms with Gasteiger partial charge in [-0.1, -0.05) is 35.5 Å². The van der Waals surface area contributed by atoms with Gasteiger partial charge in [0.1, 0.15) is 35.6 Å². The van der Waals surface area contributed by atoms with Gasteiger partial charge in [0.15, 0.2) is 29.4 Å². The number of fused-ring (bicyclic) bond motifs is 1. The van der Waals surface area contributed by atoms with Gasteiger partial charge >= 0.3 is 21.2 Å². The van der Waals surface area contributed by atoms with Gasteiger partial charge in [-0.25, -0.2) is 22.5 Å². The van der Waals surface area contributed by atoms with E-state index in [1.54, 1.807) is 23.0 Å². The quantitative estimate of drug-likeness (QED) is 0.00971. The van der Waals surface area contributed by atoms with Crippen LogP contribution in [0.25, 0.3) is 11.0 Å². The molecule has 29 nitrogen and oxygen atoms in total. The number of carbonyl (C=O) groups is 2. The summed E-state index contributed by atoms with van der Waals surface area (Å²) in [5.41, 5.74) is 1.42. The fourth-order valence-electron chi connectivity index (χ4n) is 7.57. The van der Waals surface area contributed by atoms with E-state index in [9.17, 15) is 47.0 Å². The second-order valence-corrected chi connectivity index (χ2v) is 22.2. The molecule has 1 unspecified atom stereocenters. The topological polar surface area (TPSA) is 369 Å². The molecule has 1 aliphatic rings. The Morgan fingerprint density at radius 2 is 1.36 bits per heavy atom. The van der Waals surface area contributed by atoms with Crippen molar-refractivity contribution in [3.05, 3.63) is 88.9 Å². The van der Waals surface area contributed by atoms with Crippen LogP contribution in [0.5, 0.6) is 5.75 Å². The molecular weight excluding hydrogens is 1180 g/mol. The summed E-state index contributed by atoms with van der Waals surface area (Å²) in [7, 11) is -9.72. The number of anilines is 1. The Hall–Kier alpha value is -5.19. The summed E-state index contributed by atoms with van der Waals surface area (Å²) in [6.45, 7) is 4.26. The maximum atomic E-state index is 13.6. The van der Waals surface area contributed by atoms with Crippen LogP contribution in [0.2, 0.25) is 5.28 Å². The molecule has 6 atom stereocenters. The largest absolute Gasteiger partial charge is 0.420 e. The number of amides is 1. The molecule has 0 aliphatic carbocycles. The minimum Gasteiger partial charge on any atom is -0.420 e. The average Bonchev–Trinajstić information content (AvgIpc) is 4.36. The molecule has 7 N–H and O–H groups in total. The minimum absolute atomic E-state index is 0.0491. The van der Waals surface area contributed by atoms with E-state index in [2.05, 4.69) is 40.7 Å². The zero-order chi connectivity index (χ0) is 59.6. The molecule has 0 saturated carbocycles. The van der Waals surface area contributed by atoms with Crippen molar-refractivity contribution in [2.45, 2.75) is 56.6 Å². The first-order valence-corrected chi connectivity index (χ1v) is 29.7. The van der Waals surface area contributed by atoms with Crippen LogP contribution in [-0.4, -0.2) is 208 Å². The number of ether oxygens (including phenoxy) is 10. The molecule has 83 heavy (non-hydrogen) atoms. The number of rotatable bonds is 41. The molecule has 0 bridgehead atoms. The zero-order valence-electron chi connectivity index (χ0n) is 44.5. The summed E-state index contributed by atoms with van der Waals surface area (Å²) in [4.78, 5) is 61.6. The molecule has 5 aromatic rings. The van der Waals surface area contributed by atoms with Gasteiger partial charge in [0, 0.05) is 18.7 Å². The smallest absolute Gasteiger partial charge is 0.340 e. The summed E-state index contributed by atoms with van der Waals surface area (Å²) in [6.07, 6.45) is -3.40. The van der Waals surface area contributed by atoms with E-state index in [-0.39, 0.29) is 87.1 Å². The maximum absolute atomic E-state index is 13.6. The fraction of sp³-hybridized carbons (Fsp3) is 0.562. The van der Waals surface area contributed by atoms with Gasteiger partial charge in [0.05, 0.1) is 156 Å². The predicted octanol–water partition coefficient (Wildman–Crippen LogP) is 2.43. The van der Waals surface area contributed by atoms with Gasteiger partial charge in [-0.15, -0.1) is 5.10 Å². The van der Waals surface area contributed by atoms with Crippen LogP contribution < -0.4 is 15.4 Å². The number of aliphatic hydroxyl groups is 2. The van der Waals surface area contributed by atoms with Gasteiger partial charge in [-0.2, -0.15) is 15.1 Å². The Balaban J connectivity index is 0.747. The van der Waals surface area contributed by atoms with Gasteiger partial charge in [0.2, 0.25) is 16.9 Å². The number of benzene rings is 2. The predicted molar refractivity (Wildman–Crippen MR) is 281 cm³/mol. The third kappa shape index (κ3) is 23.7. The number of hydrogen-bond donors (Lipinski definition) is 7. The first-order valence-electron chi connectivity index (χ1n) is 25.7. The van der Waals surface area contributed by atoms with Gasteiger partial charge < -0.3 is 87.4 Å². The maximum Gasteiger partial charge on any atom is 0.340 e. The third-order valence-electron chi connectivity index (χ3n) is 11.4. The van der Waals surface area contributed by atoms with Crippen LogP contribution >= 0.6 is 26.8 Å². The molecule has 1 fully saturated rings. The summed E-state index contributed by atoms with van der Waals surface area (Å²) in [5, 5.41) is 40.1. The Kier molecular flexibility index (Phi) is 28.0. The summed E-state index contributed by atoms with van der Waals surface area (Å²) in [5.74, 6) is -7.28. The lowest BCUT2D eigenvalue weighted by Crippen LogP contribution is -2.33. The highest BCUT2D eigenvalue weighted by Gasteiger charge is 2.46. The zero-order valence-corrected chi connectivity index (χ0v) is 47.1. The lowest BCUT2D eigenvalue weighted by atomic mass is 10.0. The van der Waals surface area contributed by atoms with E-state index in [1.165, 1.54) is 6.20 Å². The summed E-state index contributed by atoms with van der Waals surface area (Å²) < 4.78 is 125. The Morgan fingerprint density at radius 3 is 1.99 bits per heavy atom. The van der Waals surface area contributed by atoms with E-state index in [0.29, 0.717) is 90.4 Å². The Labute approximate surface area is 477 Å². The van der Waals surface area contributed by atoms with Crippen LogP contribution in [0.3, 0.4) is 0 Å². The molecule has 0 spiro atoms. The van der Waals surface area contributed by atoms with Crippen LogP contribution in [-0.2, 0) is 79.0 Å². The fourth-order valence-corrected chi connectivity index (χ4v) is 10.3. The molecule has 3 aromatic heterocycles. The van der Waals surface area contributed by atoms with Crippen molar-refractivity contribution in [1.29, 1.82) is 0 Å².